The standard InChI is InChI=1S/2CH3.Al.BrH/h2*1H3;;1H/q;;+1;/p-1. The van der Waals surface area contributed by atoms with Gasteiger partial charge in [-0.25, -0.2) is 0 Å². The third-order valence-electron chi connectivity index (χ3n) is 0. The maximum atomic E-state index is 2.21. The molecule has 0 bridgehead atoms. The summed E-state index contributed by atoms with van der Waals surface area (Å²) in [5.74, 6) is 4.42. The fourth-order valence-electron chi connectivity index (χ4n) is 0. The Balaban J connectivity index is 0. The van der Waals surface area contributed by atoms with Crippen molar-refractivity contribution in [3.63, 3.8) is 0 Å². The molecular formula is C2H6AlBr. The Labute approximate surface area is 44.1 Å². The Morgan fingerprint density at radius 2 is 1.25 bits per heavy atom. The Bertz CT molecular complexity index is 6.00. The van der Waals surface area contributed by atoms with Crippen molar-refractivity contribution in [1.82, 2.24) is 0 Å². The van der Waals surface area contributed by atoms with Crippen LogP contribution >= 0.6 is 0 Å². The molecule has 0 aromatic carbocycles. The van der Waals surface area contributed by atoms with Gasteiger partial charge in [0.25, 0.3) is 0 Å². The Kier molecular flexibility index (Phi) is 20.0. The third kappa shape index (κ3) is 11.9. The predicted molar refractivity (Wildman–Crippen MR) is 17.5 cm³/mol. The minimum atomic E-state index is 0. The predicted octanol–water partition coefficient (Wildman–Crippen LogP) is -2.21. The summed E-state index contributed by atoms with van der Waals surface area (Å²) in [7, 11) is 0. The van der Waals surface area contributed by atoms with E-state index in [0.717, 1.165) is 15.2 Å². The van der Waals surface area contributed by atoms with Crippen LogP contribution in [0, 0.1) is 0 Å². The van der Waals surface area contributed by atoms with Crippen LogP contribution in [0.2, 0.25) is 11.6 Å². The van der Waals surface area contributed by atoms with Crippen LogP contribution in [0.3, 0.4) is 0 Å². The normalized spacial score (nSPS) is 2.50. The van der Waals surface area contributed by atoms with Crippen molar-refractivity contribution in [2.45, 2.75) is 11.6 Å². The van der Waals surface area contributed by atoms with E-state index in [2.05, 4.69) is 11.6 Å². The molecule has 0 atom stereocenters. The molecule has 0 nitrogen and oxygen atoms in total. The average molecular weight is 137 g/mol. The first kappa shape index (κ1) is 8.89. The minimum absolute atomic E-state index is 0. The molecule has 0 aliphatic rings. The molecule has 0 aliphatic carbocycles. The summed E-state index contributed by atoms with van der Waals surface area (Å²) in [4.78, 5) is 0. The molecule has 0 amide bonds. The SMILES string of the molecule is [Br-].[CH3][Al+][CH3]. The van der Waals surface area contributed by atoms with E-state index in [1.165, 1.54) is 0 Å². The van der Waals surface area contributed by atoms with E-state index in [-0.39, 0.29) is 17.0 Å². The van der Waals surface area contributed by atoms with E-state index in [1.807, 2.05) is 0 Å². The molecule has 0 aliphatic heterocycles. The second-order valence-corrected chi connectivity index (χ2v) is 1.73. The second-order valence-electron chi connectivity index (χ2n) is 0.577. The summed E-state index contributed by atoms with van der Waals surface area (Å²) in [6.45, 7) is 0. The van der Waals surface area contributed by atoms with Crippen LogP contribution in [0.1, 0.15) is 0 Å². The summed E-state index contributed by atoms with van der Waals surface area (Å²) in [5, 5.41) is 0. The Morgan fingerprint density at radius 3 is 1.25 bits per heavy atom. The van der Waals surface area contributed by atoms with Crippen molar-refractivity contribution in [1.29, 1.82) is 0 Å². The average Bonchev–Trinajstić information content (AvgIpc) is 0.918. The molecular weight excluding hydrogens is 131 g/mol. The van der Waals surface area contributed by atoms with Gasteiger partial charge in [0, 0.05) is 0 Å². The number of rotatable bonds is 0. The Morgan fingerprint density at radius 1 is 1.25 bits per heavy atom. The molecule has 0 unspecified atom stereocenters. The van der Waals surface area contributed by atoms with Crippen LogP contribution < -0.4 is 17.0 Å². The zero-order chi connectivity index (χ0) is 2.71. The van der Waals surface area contributed by atoms with Crippen LogP contribution in [-0.4, -0.2) is 15.2 Å². The third-order valence-corrected chi connectivity index (χ3v) is 0. The van der Waals surface area contributed by atoms with E-state index >= 15 is 0 Å². The van der Waals surface area contributed by atoms with Crippen LogP contribution in [-0.2, 0) is 0 Å². The van der Waals surface area contributed by atoms with E-state index in [9.17, 15) is 0 Å². The van der Waals surface area contributed by atoms with Crippen LogP contribution in [0.15, 0.2) is 0 Å². The molecule has 0 aromatic rings. The van der Waals surface area contributed by atoms with E-state index in [4.69, 9.17) is 0 Å². The monoisotopic (exact) mass is 136 g/mol. The fraction of sp³-hybridized carbons (Fsp3) is 1.00. The summed E-state index contributed by atoms with van der Waals surface area (Å²) in [6, 6.07) is 0. The maximum absolute atomic E-state index is 2.21. The van der Waals surface area contributed by atoms with Crippen LogP contribution in [0.4, 0.5) is 0 Å². The zero-order valence-corrected chi connectivity index (χ0v) is 5.70. The fourth-order valence-corrected chi connectivity index (χ4v) is 0. The summed E-state index contributed by atoms with van der Waals surface area (Å²) >= 11 is 0.750. The van der Waals surface area contributed by atoms with Crippen molar-refractivity contribution in [3.05, 3.63) is 0 Å². The van der Waals surface area contributed by atoms with Gasteiger partial charge >= 0.3 is 26.8 Å². The van der Waals surface area contributed by atoms with Gasteiger partial charge in [0.05, 0.1) is 0 Å². The summed E-state index contributed by atoms with van der Waals surface area (Å²) in [6.07, 6.45) is 0. The van der Waals surface area contributed by atoms with Crippen LogP contribution in [0.5, 0.6) is 0 Å². The van der Waals surface area contributed by atoms with Crippen molar-refractivity contribution < 1.29 is 17.0 Å². The molecule has 0 aromatic heterocycles. The van der Waals surface area contributed by atoms with Crippen molar-refractivity contribution in [3.8, 4) is 0 Å². The van der Waals surface area contributed by atoms with Gasteiger partial charge < -0.3 is 17.0 Å². The molecule has 0 N–H and O–H groups in total. The molecule has 0 radical (unpaired) electrons. The first-order valence-corrected chi connectivity index (χ1v) is 3.46. The van der Waals surface area contributed by atoms with Crippen LogP contribution in [0.25, 0.3) is 0 Å². The van der Waals surface area contributed by atoms with Gasteiger partial charge in [-0.1, -0.05) is 0 Å². The molecule has 4 heavy (non-hydrogen) atoms. The number of hydrogen-bond donors (Lipinski definition) is 0. The van der Waals surface area contributed by atoms with Gasteiger partial charge in [-0.3, -0.25) is 0 Å². The molecule has 2 heteroatoms. The number of halogens is 1. The summed E-state index contributed by atoms with van der Waals surface area (Å²) in [5.41, 5.74) is 0. The quantitative estimate of drug-likeness (QED) is 0.332. The second kappa shape index (κ2) is 8.99. The van der Waals surface area contributed by atoms with E-state index in [0.29, 0.717) is 0 Å². The first-order valence-electron chi connectivity index (χ1n) is 1.15. The van der Waals surface area contributed by atoms with Gasteiger partial charge in [-0.15, -0.1) is 0 Å². The molecule has 0 saturated heterocycles. The van der Waals surface area contributed by atoms with Crippen molar-refractivity contribution in [2.75, 3.05) is 0 Å². The molecule has 0 spiro atoms. The van der Waals surface area contributed by atoms with E-state index in [1.54, 1.807) is 0 Å². The van der Waals surface area contributed by atoms with Gasteiger partial charge in [-0.05, 0) is 0 Å². The molecule has 24 valence electrons. The van der Waals surface area contributed by atoms with Gasteiger partial charge in [-0.2, -0.15) is 0 Å². The topological polar surface area (TPSA) is 0 Å². The molecule has 0 saturated carbocycles. The zero-order valence-electron chi connectivity index (χ0n) is 2.96. The van der Waals surface area contributed by atoms with E-state index < -0.39 is 0 Å². The number of hydrogen-bond acceptors (Lipinski definition) is 0. The van der Waals surface area contributed by atoms with Crippen molar-refractivity contribution >= 4 is 15.2 Å². The summed E-state index contributed by atoms with van der Waals surface area (Å²) < 4.78 is 0. The van der Waals surface area contributed by atoms with Crippen molar-refractivity contribution in [2.24, 2.45) is 0 Å². The van der Waals surface area contributed by atoms with Gasteiger partial charge in [0.2, 0.25) is 0 Å². The first-order chi connectivity index (χ1) is 1.41. The Hall–Kier alpha value is 1.01. The van der Waals surface area contributed by atoms with Gasteiger partial charge in [0.1, 0.15) is 0 Å². The molecule has 0 fully saturated rings. The molecule has 0 heterocycles. The van der Waals surface area contributed by atoms with Gasteiger partial charge in [0.15, 0.2) is 0 Å². The molecule has 0 rings (SSSR count).